The van der Waals surface area contributed by atoms with Gasteiger partial charge in [-0.05, 0) is 37.1 Å². The molecule has 2 aromatic carbocycles. The van der Waals surface area contributed by atoms with Crippen LogP contribution in [0.15, 0.2) is 53.0 Å². The molecular formula is C17H20BrNO. The highest BCUT2D eigenvalue weighted by Gasteiger charge is 2.10. The zero-order chi connectivity index (χ0) is 14.5. The molecule has 2 atom stereocenters. The first-order valence-corrected chi connectivity index (χ1v) is 7.59. The van der Waals surface area contributed by atoms with Crippen molar-refractivity contribution >= 4 is 15.9 Å². The fourth-order valence-corrected chi connectivity index (χ4v) is 2.59. The molecule has 20 heavy (non-hydrogen) atoms. The molecular weight excluding hydrogens is 314 g/mol. The van der Waals surface area contributed by atoms with E-state index in [2.05, 4.69) is 59.4 Å². The molecule has 0 fully saturated rings. The fraction of sp³-hybridized carbons (Fsp3) is 0.294. The zero-order valence-corrected chi connectivity index (χ0v) is 13.4. The third-order valence-corrected chi connectivity index (χ3v) is 3.89. The third kappa shape index (κ3) is 4.17. The van der Waals surface area contributed by atoms with Crippen LogP contribution in [0.3, 0.4) is 0 Å². The Bertz CT molecular complexity index is 519. The molecule has 106 valence electrons. The average molecular weight is 334 g/mol. The molecule has 0 aliphatic heterocycles. The van der Waals surface area contributed by atoms with Gasteiger partial charge in [0.15, 0.2) is 0 Å². The van der Waals surface area contributed by atoms with Crippen LogP contribution >= 0.6 is 15.9 Å². The van der Waals surface area contributed by atoms with E-state index in [4.69, 9.17) is 0 Å². The minimum absolute atomic E-state index is 0.219. The number of aryl methyl sites for hydroxylation is 1. The minimum Gasteiger partial charge on any atom is -0.387 e. The second-order valence-corrected chi connectivity index (χ2v) is 6.03. The number of rotatable bonds is 5. The summed E-state index contributed by atoms with van der Waals surface area (Å²) in [6, 6.07) is 16.4. The van der Waals surface area contributed by atoms with Gasteiger partial charge in [0.25, 0.3) is 0 Å². The topological polar surface area (TPSA) is 32.3 Å². The molecule has 0 spiro atoms. The smallest absolute Gasteiger partial charge is 0.0914 e. The number of halogens is 1. The molecule has 0 saturated carbocycles. The average Bonchev–Trinajstić information content (AvgIpc) is 2.44. The van der Waals surface area contributed by atoms with E-state index in [0.29, 0.717) is 6.54 Å². The van der Waals surface area contributed by atoms with Crippen LogP contribution in [0.1, 0.15) is 35.8 Å². The number of nitrogens with one attached hydrogen (secondary N) is 1. The minimum atomic E-state index is -0.500. The standard InChI is InChI=1S/C17H20BrNO/c1-12-5-3-6-14(9-12)13(2)19-11-17(20)15-7-4-8-16(18)10-15/h3-10,13,17,19-20H,11H2,1-2H3/t13-,17?/m1/s1. The molecule has 0 aromatic heterocycles. The summed E-state index contributed by atoms with van der Waals surface area (Å²) in [4.78, 5) is 0. The first-order valence-electron chi connectivity index (χ1n) is 6.80. The number of benzene rings is 2. The number of hydrogen-bond donors (Lipinski definition) is 2. The van der Waals surface area contributed by atoms with E-state index in [1.165, 1.54) is 11.1 Å². The predicted molar refractivity (Wildman–Crippen MR) is 86.7 cm³/mol. The van der Waals surface area contributed by atoms with Crippen LogP contribution in [0.25, 0.3) is 0 Å². The quantitative estimate of drug-likeness (QED) is 0.861. The summed E-state index contributed by atoms with van der Waals surface area (Å²) >= 11 is 3.42. The zero-order valence-electron chi connectivity index (χ0n) is 11.8. The highest BCUT2D eigenvalue weighted by molar-refractivity contribution is 9.10. The van der Waals surface area contributed by atoms with Gasteiger partial charge in [-0.3, -0.25) is 0 Å². The van der Waals surface area contributed by atoms with Crippen molar-refractivity contribution in [2.75, 3.05) is 6.54 Å². The number of aliphatic hydroxyl groups is 1. The molecule has 0 heterocycles. The lowest BCUT2D eigenvalue weighted by atomic mass is 10.0. The second-order valence-electron chi connectivity index (χ2n) is 5.11. The summed E-state index contributed by atoms with van der Waals surface area (Å²) in [5, 5.41) is 13.6. The van der Waals surface area contributed by atoms with Gasteiger partial charge < -0.3 is 10.4 Å². The molecule has 3 heteroatoms. The summed E-state index contributed by atoms with van der Waals surface area (Å²) in [6.07, 6.45) is -0.500. The van der Waals surface area contributed by atoms with Crippen LogP contribution in [-0.4, -0.2) is 11.7 Å². The van der Waals surface area contributed by atoms with Crippen molar-refractivity contribution in [3.63, 3.8) is 0 Å². The van der Waals surface area contributed by atoms with Crippen LogP contribution < -0.4 is 5.32 Å². The Morgan fingerprint density at radius 1 is 1.10 bits per heavy atom. The van der Waals surface area contributed by atoms with Gasteiger partial charge in [-0.1, -0.05) is 57.9 Å². The van der Waals surface area contributed by atoms with Crippen LogP contribution in [0.2, 0.25) is 0 Å². The molecule has 0 aliphatic rings. The summed E-state index contributed by atoms with van der Waals surface area (Å²) in [6.45, 7) is 4.74. The Kier molecular flexibility index (Phi) is 5.35. The molecule has 0 aliphatic carbocycles. The van der Waals surface area contributed by atoms with E-state index in [1.54, 1.807) is 0 Å². The molecule has 0 radical (unpaired) electrons. The molecule has 0 saturated heterocycles. The van der Waals surface area contributed by atoms with Crippen molar-refractivity contribution in [1.82, 2.24) is 5.32 Å². The van der Waals surface area contributed by atoms with Gasteiger partial charge in [0.05, 0.1) is 6.10 Å². The summed E-state index contributed by atoms with van der Waals surface area (Å²) in [7, 11) is 0. The maximum absolute atomic E-state index is 10.2. The van der Waals surface area contributed by atoms with Crippen LogP contribution in [-0.2, 0) is 0 Å². The Balaban J connectivity index is 1.94. The van der Waals surface area contributed by atoms with Crippen LogP contribution in [0, 0.1) is 6.92 Å². The summed E-state index contributed by atoms with van der Waals surface area (Å²) in [5.74, 6) is 0. The first-order chi connectivity index (χ1) is 9.56. The maximum atomic E-state index is 10.2. The highest BCUT2D eigenvalue weighted by Crippen LogP contribution is 2.19. The van der Waals surface area contributed by atoms with Crippen molar-refractivity contribution in [1.29, 1.82) is 0 Å². The summed E-state index contributed by atoms with van der Waals surface area (Å²) in [5.41, 5.74) is 3.42. The van der Waals surface area contributed by atoms with Crippen molar-refractivity contribution in [3.8, 4) is 0 Å². The van der Waals surface area contributed by atoms with E-state index in [9.17, 15) is 5.11 Å². The molecule has 2 nitrogen and oxygen atoms in total. The van der Waals surface area contributed by atoms with Gasteiger partial charge in [-0.25, -0.2) is 0 Å². The lowest BCUT2D eigenvalue weighted by molar-refractivity contribution is 0.170. The number of aliphatic hydroxyl groups excluding tert-OH is 1. The highest BCUT2D eigenvalue weighted by atomic mass is 79.9. The van der Waals surface area contributed by atoms with E-state index < -0.39 is 6.10 Å². The van der Waals surface area contributed by atoms with Gasteiger partial charge in [-0.2, -0.15) is 0 Å². The van der Waals surface area contributed by atoms with Crippen molar-refractivity contribution in [3.05, 3.63) is 69.7 Å². The Morgan fingerprint density at radius 2 is 1.80 bits per heavy atom. The van der Waals surface area contributed by atoms with E-state index in [-0.39, 0.29) is 6.04 Å². The largest absolute Gasteiger partial charge is 0.387 e. The van der Waals surface area contributed by atoms with E-state index in [0.717, 1.165) is 10.0 Å². The normalized spacial score (nSPS) is 14.0. The van der Waals surface area contributed by atoms with E-state index in [1.807, 2.05) is 24.3 Å². The van der Waals surface area contributed by atoms with Crippen molar-refractivity contribution in [2.24, 2.45) is 0 Å². The van der Waals surface area contributed by atoms with E-state index >= 15 is 0 Å². The third-order valence-electron chi connectivity index (χ3n) is 3.39. The molecule has 2 aromatic rings. The SMILES string of the molecule is Cc1cccc([C@@H](C)NCC(O)c2cccc(Br)c2)c1. The van der Waals surface area contributed by atoms with Gasteiger partial charge in [-0.15, -0.1) is 0 Å². The van der Waals surface area contributed by atoms with Crippen molar-refractivity contribution < 1.29 is 5.11 Å². The molecule has 2 N–H and O–H groups in total. The van der Waals surface area contributed by atoms with Gasteiger partial charge in [0, 0.05) is 17.1 Å². The van der Waals surface area contributed by atoms with Gasteiger partial charge >= 0.3 is 0 Å². The maximum Gasteiger partial charge on any atom is 0.0914 e. The summed E-state index contributed by atoms with van der Waals surface area (Å²) < 4.78 is 0.987. The molecule has 2 rings (SSSR count). The molecule has 0 bridgehead atoms. The van der Waals surface area contributed by atoms with Crippen LogP contribution in [0.5, 0.6) is 0 Å². The van der Waals surface area contributed by atoms with Crippen molar-refractivity contribution in [2.45, 2.75) is 26.0 Å². The predicted octanol–water partition coefficient (Wildman–Crippen LogP) is 4.14. The van der Waals surface area contributed by atoms with Gasteiger partial charge in [0.2, 0.25) is 0 Å². The molecule has 1 unspecified atom stereocenters. The molecule has 0 amide bonds. The number of hydrogen-bond acceptors (Lipinski definition) is 2. The van der Waals surface area contributed by atoms with Crippen LogP contribution in [0.4, 0.5) is 0 Å². The lowest BCUT2D eigenvalue weighted by Crippen LogP contribution is -2.24. The van der Waals surface area contributed by atoms with Gasteiger partial charge in [0.1, 0.15) is 0 Å². The second kappa shape index (κ2) is 7.02. The Hall–Kier alpha value is -1.16. The fourth-order valence-electron chi connectivity index (χ4n) is 2.18. The Labute approximate surface area is 129 Å². The Morgan fingerprint density at radius 3 is 2.50 bits per heavy atom. The first kappa shape index (κ1) is 15.2. The lowest BCUT2D eigenvalue weighted by Gasteiger charge is -2.18. The monoisotopic (exact) mass is 333 g/mol.